The van der Waals surface area contributed by atoms with Crippen molar-refractivity contribution in [1.29, 1.82) is 0 Å². The predicted octanol–water partition coefficient (Wildman–Crippen LogP) is 3.94. The third-order valence-corrected chi connectivity index (χ3v) is 6.07. The topological polar surface area (TPSA) is 81.5 Å². The first-order valence-electron chi connectivity index (χ1n) is 10.3. The van der Waals surface area contributed by atoms with E-state index in [1.165, 1.54) is 10.9 Å². The summed E-state index contributed by atoms with van der Waals surface area (Å²) in [6, 6.07) is 7.67. The molecular weight excluding hydrogens is 414 g/mol. The number of nitrogens with zero attached hydrogens (tertiary/aromatic N) is 3. The average Bonchev–Trinajstić information content (AvgIpc) is 3.06. The molecule has 0 unspecified atom stereocenters. The molecular formula is C23H27N3O4S. The van der Waals surface area contributed by atoms with E-state index in [9.17, 15) is 14.4 Å². The van der Waals surface area contributed by atoms with E-state index in [-0.39, 0.29) is 23.9 Å². The minimum atomic E-state index is -0.451. The molecule has 164 valence electrons. The predicted molar refractivity (Wildman–Crippen MR) is 123 cm³/mol. The summed E-state index contributed by atoms with van der Waals surface area (Å²) in [7, 11) is 0. The van der Waals surface area contributed by atoms with Gasteiger partial charge in [-0.1, -0.05) is 26.0 Å². The third-order valence-electron chi connectivity index (χ3n) is 4.89. The van der Waals surface area contributed by atoms with Crippen molar-refractivity contribution in [1.82, 2.24) is 9.55 Å². The first-order chi connectivity index (χ1) is 14.7. The number of thiophene rings is 1. The number of esters is 1. The molecule has 0 bridgehead atoms. The Morgan fingerprint density at radius 2 is 2.00 bits per heavy atom. The van der Waals surface area contributed by atoms with Crippen LogP contribution in [0.2, 0.25) is 0 Å². The smallest absolute Gasteiger partial charge is 0.348 e. The summed E-state index contributed by atoms with van der Waals surface area (Å²) in [5.41, 5.74) is 2.04. The van der Waals surface area contributed by atoms with E-state index in [1.54, 1.807) is 11.8 Å². The highest BCUT2D eigenvalue weighted by molar-refractivity contribution is 7.20. The van der Waals surface area contributed by atoms with Gasteiger partial charge in [0.1, 0.15) is 16.3 Å². The van der Waals surface area contributed by atoms with E-state index in [0.29, 0.717) is 33.8 Å². The summed E-state index contributed by atoms with van der Waals surface area (Å²) >= 11 is 1.14. The zero-order chi connectivity index (χ0) is 22.7. The third kappa shape index (κ3) is 4.85. The maximum atomic E-state index is 13.1. The van der Waals surface area contributed by atoms with Crippen molar-refractivity contribution in [2.75, 3.05) is 18.1 Å². The monoisotopic (exact) mass is 441 g/mol. The first-order valence-corrected chi connectivity index (χ1v) is 11.1. The number of rotatable bonds is 7. The summed E-state index contributed by atoms with van der Waals surface area (Å²) < 4.78 is 6.61. The number of likely N-dealkylation sites (N-methyl/N-ethyl adjacent to an activating group) is 1. The van der Waals surface area contributed by atoms with Crippen molar-refractivity contribution in [3.63, 3.8) is 0 Å². The normalized spacial score (nSPS) is 11.2. The Morgan fingerprint density at radius 1 is 1.26 bits per heavy atom. The quantitative estimate of drug-likeness (QED) is 0.519. The summed E-state index contributed by atoms with van der Waals surface area (Å²) in [5.74, 6) is -0.441. The molecule has 0 fully saturated rings. The van der Waals surface area contributed by atoms with Gasteiger partial charge in [0.15, 0.2) is 0 Å². The molecule has 0 aliphatic carbocycles. The van der Waals surface area contributed by atoms with Gasteiger partial charge < -0.3 is 9.64 Å². The molecule has 0 saturated heterocycles. The Balaban J connectivity index is 1.90. The van der Waals surface area contributed by atoms with Crippen LogP contribution in [0.25, 0.3) is 10.2 Å². The van der Waals surface area contributed by atoms with Crippen LogP contribution in [0.3, 0.4) is 0 Å². The Kier molecular flexibility index (Phi) is 6.90. The SMILES string of the molecule is CCN(C(=O)Cn1cnc2sc(C(=O)OCC(C)C)c(C)c2c1=O)c1cccc(C)c1. The number of carbonyl (C=O) groups excluding carboxylic acids is 2. The van der Waals surface area contributed by atoms with Gasteiger partial charge in [-0.05, 0) is 49.9 Å². The summed E-state index contributed by atoms with van der Waals surface area (Å²) in [6.45, 7) is 10.1. The number of amides is 1. The molecule has 8 heteroatoms. The Hall–Kier alpha value is -3.00. The number of hydrogen-bond donors (Lipinski definition) is 0. The first kappa shape index (κ1) is 22.7. The number of fused-ring (bicyclic) bond motifs is 1. The Bertz CT molecular complexity index is 1180. The minimum Gasteiger partial charge on any atom is -0.461 e. The lowest BCUT2D eigenvalue weighted by Crippen LogP contribution is -2.36. The highest BCUT2D eigenvalue weighted by Gasteiger charge is 2.22. The largest absolute Gasteiger partial charge is 0.461 e. The Morgan fingerprint density at radius 3 is 2.65 bits per heavy atom. The lowest BCUT2D eigenvalue weighted by Gasteiger charge is -2.22. The second kappa shape index (κ2) is 9.43. The molecule has 3 rings (SSSR count). The van der Waals surface area contributed by atoms with Crippen LogP contribution in [0.4, 0.5) is 5.69 Å². The second-order valence-corrected chi connectivity index (χ2v) is 8.88. The number of aromatic nitrogens is 2. The van der Waals surface area contributed by atoms with Gasteiger partial charge in [0.25, 0.3) is 5.56 Å². The van der Waals surface area contributed by atoms with E-state index in [2.05, 4.69) is 4.98 Å². The molecule has 0 aliphatic heterocycles. The Labute approximate surface area is 185 Å². The summed E-state index contributed by atoms with van der Waals surface area (Å²) in [6.07, 6.45) is 1.37. The molecule has 2 aromatic heterocycles. The van der Waals surface area contributed by atoms with Crippen LogP contribution in [0.5, 0.6) is 0 Å². The van der Waals surface area contributed by atoms with Crippen molar-refractivity contribution in [2.45, 2.75) is 41.2 Å². The van der Waals surface area contributed by atoms with Gasteiger partial charge >= 0.3 is 5.97 Å². The zero-order valence-electron chi connectivity index (χ0n) is 18.5. The van der Waals surface area contributed by atoms with E-state index in [4.69, 9.17) is 4.74 Å². The van der Waals surface area contributed by atoms with Crippen molar-refractivity contribution in [2.24, 2.45) is 5.92 Å². The minimum absolute atomic E-state index is 0.133. The number of benzene rings is 1. The number of aryl methyl sites for hydroxylation is 2. The van der Waals surface area contributed by atoms with E-state index in [0.717, 1.165) is 22.6 Å². The maximum Gasteiger partial charge on any atom is 0.348 e. The van der Waals surface area contributed by atoms with Gasteiger partial charge in [-0.3, -0.25) is 14.2 Å². The summed E-state index contributed by atoms with van der Waals surface area (Å²) in [4.78, 5) is 45.3. The number of anilines is 1. The van der Waals surface area contributed by atoms with Crippen LogP contribution in [0.15, 0.2) is 35.4 Å². The lowest BCUT2D eigenvalue weighted by atomic mass is 10.2. The molecule has 0 radical (unpaired) electrons. The van der Waals surface area contributed by atoms with Crippen LogP contribution in [-0.2, 0) is 16.1 Å². The van der Waals surface area contributed by atoms with Crippen LogP contribution in [0, 0.1) is 19.8 Å². The molecule has 0 saturated carbocycles. The molecule has 7 nitrogen and oxygen atoms in total. The van der Waals surface area contributed by atoms with Crippen LogP contribution in [0.1, 0.15) is 41.6 Å². The van der Waals surface area contributed by atoms with Gasteiger partial charge in [0, 0.05) is 12.2 Å². The van der Waals surface area contributed by atoms with Gasteiger partial charge in [0.2, 0.25) is 5.91 Å². The fourth-order valence-corrected chi connectivity index (χ4v) is 4.34. The van der Waals surface area contributed by atoms with Gasteiger partial charge in [0.05, 0.1) is 18.3 Å². The van der Waals surface area contributed by atoms with Gasteiger partial charge in [-0.2, -0.15) is 0 Å². The lowest BCUT2D eigenvalue weighted by molar-refractivity contribution is -0.119. The molecule has 0 aliphatic rings. The van der Waals surface area contributed by atoms with Gasteiger partial charge in [-0.15, -0.1) is 11.3 Å². The maximum absolute atomic E-state index is 13.1. The second-order valence-electron chi connectivity index (χ2n) is 7.88. The van der Waals surface area contributed by atoms with Crippen molar-refractivity contribution < 1.29 is 14.3 Å². The molecule has 0 spiro atoms. The molecule has 1 aromatic carbocycles. The number of hydrogen-bond acceptors (Lipinski definition) is 6. The number of ether oxygens (including phenoxy) is 1. The summed E-state index contributed by atoms with van der Waals surface area (Å²) in [5, 5.41) is 0.357. The fourth-order valence-electron chi connectivity index (χ4n) is 3.30. The zero-order valence-corrected chi connectivity index (χ0v) is 19.3. The molecule has 0 N–H and O–H groups in total. The van der Waals surface area contributed by atoms with E-state index < -0.39 is 5.97 Å². The molecule has 3 aromatic rings. The average molecular weight is 442 g/mol. The fraction of sp³-hybridized carbons (Fsp3) is 0.391. The van der Waals surface area contributed by atoms with Crippen molar-refractivity contribution >= 4 is 39.1 Å². The standard InChI is InChI=1S/C23H27N3O4S/c1-6-26(17-9-7-8-15(4)10-17)18(27)11-25-13-24-21-19(22(25)28)16(5)20(31-21)23(29)30-12-14(2)3/h7-10,13-14H,6,11-12H2,1-5H3. The van der Waals surface area contributed by atoms with Crippen LogP contribution in [-0.4, -0.2) is 34.6 Å². The van der Waals surface area contributed by atoms with Crippen LogP contribution >= 0.6 is 11.3 Å². The molecule has 2 heterocycles. The molecule has 0 atom stereocenters. The number of carbonyl (C=O) groups is 2. The van der Waals surface area contributed by atoms with Crippen molar-refractivity contribution in [3.8, 4) is 0 Å². The van der Waals surface area contributed by atoms with Gasteiger partial charge in [-0.25, -0.2) is 9.78 Å². The van der Waals surface area contributed by atoms with Crippen LogP contribution < -0.4 is 10.5 Å². The van der Waals surface area contributed by atoms with E-state index in [1.807, 2.05) is 52.0 Å². The highest BCUT2D eigenvalue weighted by Crippen LogP contribution is 2.27. The molecule has 1 amide bonds. The van der Waals surface area contributed by atoms with E-state index >= 15 is 0 Å². The van der Waals surface area contributed by atoms with Crippen molar-refractivity contribution in [3.05, 3.63) is 57.0 Å². The highest BCUT2D eigenvalue weighted by atomic mass is 32.1. The molecule has 31 heavy (non-hydrogen) atoms.